The Kier molecular flexibility index (Phi) is 4.48. The van der Waals surface area contributed by atoms with Crippen LogP contribution >= 0.6 is 43.5 Å². The minimum Gasteiger partial charge on any atom is -0.241 e. The van der Waals surface area contributed by atoms with Crippen LogP contribution in [0.5, 0.6) is 0 Å². The maximum absolute atomic E-state index is 5.99. The largest absolute Gasteiger partial charge is 0.241 e. The SMILES string of the molecule is Clc1ccc(C(Br)c2cnn(-c3ccccc3)c2)c(Br)c1. The molecule has 1 heterocycles. The summed E-state index contributed by atoms with van der Waals surface area (Å²) >= 11 is 13.3. The van der Waals surface area contributed by atoms with Gasteiger partial charge in [-0.25, -0.2) is 4.68 Å². The van der Waals surface area contributed by atoms with Crippen molar-refractivity contribution in [2.45, 2.75) is 4.83 Å². The molecule has 0 radical (unpaired) electrons. The normalized spacial score (nSPS) is 12.3. The molecule has 106 valence electrons. The van der Waals surface area contributed by atoms with E-state index in [9.17, 15) is 0 Å². The van der Waals surface area contributed by atoms with E-state index < -0.39 is 0 Å². The molecule has 0 saturated carbocycles. The summed E-state index contributed by atoms with van der Waals surface area (Å²) in [7, 11) is 0. The predicted molar refractivity (Wildman–Crippen MR) is 93.5 cm³/mol. The maximum atomic E-state index is 5.99. The Labute approximate surface area is 145 Å². The van der Waals surface area contributed by atoms with Crippen molar-refractivity contribution in [3.63, 3.8) is 0 Å². The van der Waals surface area contributed by atoms with Gasteiger partial charge in [0.1, 0.15) is 0 Å². The van der Waals surface area contributed by atoms with Crippen LogP contribution in [0.25, 0.3) is 5.69 Å². The Morgan fingerprint density at radius 3 is 2.57 bits per heavy atom. The molecular formula is C16H11Br2ClN2. The fraction of sp³-hybridized carbons (Fsp3) is 0.0625. The van der Waals surface area contributed by atoms with Gasteiger partial charge in [-0.2, -0.15) is 5.10 Å². The first kappa shape index (κ1) is 14.8. The lowest BCUT2D eigenvalue weighted by molar-refractivity contribution is 0.880. The molecule has 1 unspecified atom stereocenters. The Hall–Kier alpha value is -1.10. The highest BCUT2D eigenvalue weighted by atomic mass is 79.9. The van der Waals surface area contributed by atoms with Crippen molar-refractivity contribution in [1.29, 1.82) is 0 Å². The molecule has 1 atom stereocenters. The fourth-order valence-corrected chi connectivity index (χ4v) is 3.93. The Morgan fingerprint density at radius 1 is 1.10 bits per heavy atom. The smallest absolute Gasteiger partial charge is 0.0686 e. The van der Waals surface area contributed by atoms with Gasteiger partial charge in [-0.15, -0.1) is 0 Å². The quantitative estimate of drug-likeness (QED) is 0.486. The van der Waals surface area contributed by atoms with Crippen molar-refractivity contribution in [3.05, 3.63) is 81.5 Å². The zero-order valence-corrected chi connectivity index (χ0v) is 14.8. The number of hydrogen-bond donors (Lipinski definition) is 0. The van der Waals surface area contributed by atoms with E-state index in [1.807, 2.05) is 65.6 Å². The molecule has 0 bridgehead atoms. The Morgan fingerprint density at radius 2 is 1.86 bits per heavy atom. The zero-order chi connectivity index (χ0) is 14.8. The van der Waals surface area contributed by atoms with Gasteiger partial charge >= 0.3 is 0 Å². The number of para-hydroxylation sites is 1. The third-order valence-corrected chi connectivity index (χ3v) is 5.10. The number of nitrogens with zero attached hydrogens (tertiary/aromatic N) is 2. The molecule has 5 heteroatoms. The van der Waals surface area contributed by atoms with E-state index in [-0.39, 0.29) is 4.83 Å². The van der Waals surface area contributed by atoms with Gasteiger partial charge in [0.2, 0.25) is 0 Å². The molecule has 0 aliphatic rings. The van der Waals surface area contributed by atoms with Crippen molar-refractivity contribution >= 4 is 43.5 Å². The molecule has 2 aromatic carbocycles. The summed E-state index contributed by atoms with van der Waals surface area (Å²) < 4.78 is 2.84. The number of halogens is 3. The minimum atomic E-state index is 0.0570. The van der Waals surface area contributed by atoms with E-state index in [0.29, 0.717) is 5.02 Å². The first-order valence-corrected chi connectivity index (χ1v) is 8.43. The van der Waals surface area contributed by atoms with E-state index in [0.717, 1.165) is 21.3 Å². The average Bonchev–Trinajstić information content (AvgIpc) is 2.97. The molecular weight excluding hydrogens is 415 g/mol. The lowest BCUT2D eigenvalue weighted by Gasteiger charge is -2.10. The first-order chi connectivity index (χ1) is 10.1. The van der Waals surface area contributed by atoms with E-state index in [4.69, 9.17) is 11.6 Å². The molecule has 3 aromatic rings. The summed E-state index contributed by atoms with van der Waals surface area (Å²) in [6.45, 7) is 0. The molecule has 2 nitrogen and oxygen atoms in total. The van der Waals surface area contributed by atoms with Crippen LogP contribution in [0, 0.1) is 0 Å². The van der Waals surface area contributed by atoms with E-state index in [1.54, 1.807) is 0 Å². The fourth-order valence-electron chi connectivity index (χ4n) is 2.08. The van der Waals surface area contributed by atoms with Gasteiger partial charge in [0.15, 0.2) is 0 Å². The summed E-state index contributed by atoms with van der Waals surface area (Å²) in [6.07, 6.45) is 3.89. The Balaban J connectivity index is 1.92. The van der Waals surface area contributed by atoms with Gasteiger partial charge in [-0.05, 0) is 29.8 Å². The van der Waals surface area contributed by atoms with Crippen LogP contribution < -0.4 is 0 Å². The molecule has 0 aliphatic carbocycles. The molecule has 0 N–H and O–H groups in total. The highest BCUT2D eigenvalue weighted by molar-refractivity contribution is 9.11. The second-order valence-electron chi connectivity index (χ2n) is 4.58. The van der Waals surface area contributed by atoms with E-state index in [1.165, 1.54) is 0 Å². The van der Waals surface area contributed by atoms with Crippen molar-refractivity contribution in [2.75, 3.05) is 0 Å². The van der Waals surface area contributed by atoms with Crippen LogP contribution in [-0.4, -0.2) is 9.78 Å². The standard InChI is InChI=1S/C16H11Br2ClN2/c17-15-8-12(19)6-7-14(15)16(18)11-9-20-21(10-11)13-4-2-1-3-5-13/h1-10,16H. The van der Waals surface area contributed by atoms with Gasteiger partial charge in [0.05, 0.1) is 16.7 Å². The van der Waals surface area contributed by atoms with Crippen molar-refractivity contribution < 1.29 is 0 Å². The van der Waals surface area contributed by atoms with Gasteiger partial charge < -0.3 is 0 Å². The highest BCUT2D eigenvalue weighted by Gasteiger charge is 2.16. The number of benzene rings is 2. The average molecular weight is 427 g/mol. The van der Waals surface area contributed by atoms with Gasteiger partial charge in [-0.3, -0.25) is 0 Å². The van der Waals surface area contributed by atoms with Crippen LogP contribution in [0.4, 0.5) is 0 Å². The van der Waals surface area contributed by atoms with Crippen LogP contribution in [0.1, 0.15) is 16.0 Å². The van der Waals surface area contributed by atoms with Crippen molar-refractivity contribution in [2.24, 2.45) is 0 Å². The molecule has 0 amide bonds. The van der Waals surface area contributed by atoms with Crippen molar-refractivity contribution in [3.8, 4) is 5.69 Å². The van der Waals surface area contributed by atoms with Crippen LogP contribution in [0.2, 0.25) is 5.02 Å². The molecule has 0 spiro atoms. The number of rotatable bonds is 3. The zero-order valence-electron chi connectivity index (χ0n) is 10.9. The second-order valence-corrected chi connectivity index (χ2v) is 6.79. The van der Waals surface area contributed by atoms with E-state index >= 15 is 0 Å². The summed E-state index contributed by atoms with van der Waals surface area (Å²) in [6, 6.07) is 15.8. The number of aromatic nitrogens is 2. The van der Waals surface area contributed by atoms with Gasteiger partial charge in [0, 0.05) is 21.3 Å². The summed E-state index contributed by atoms with van der Waals surface area (Å²) in [4.78, 5) is 0.0570. The van der Waals surface area contributed by atoms with Crippen LogP contribution in [0.3, 0.4) is 0 Å². The van der Waals surface area contributed by atoms with Gasteiger partial charge in [-0.1, -0.05) is 67.7 Å². The third kappa shape index (κ3) is 3.23. The lowest BCUT2D eigenvalue weighted by Crippen LogP contribution is -1.94. The van der Waals surface area contributed by atoms with Gasteiger partial charge in [0.25, 0.3) is 0 Å². The van der Waals surface area contributed by atoms with Crippen LogP contribution in [0.15, 0.2) is 65.4 Å². The molecule has 0 fully saturated rings. The molecule has 0 aliphatic heterocycles. The van der Waals surface area contributed by atoms with Crippen LogP contribution in [-0.2, 0) is 0 Å². The summed E-state index contributed by atoms with van der Waals surface area (Å²) in [5.74, 6) is 0. The molecule has 21 heavy (non-hydrogen) atoms. The molecule has 1 aromatic heterocycles. The van der Waals surface area contributed by atoms with Crippen molar-refractivity contribution in [1.82, 2.24) is 9.78 Å². The molecule has 3 rings (SSSR count). The highest BCUT2D eigenvalue weighted by Crippen LogP contribution is 2.36. The summed E-state index contributed by atoms with van der Waals surface area (Å²) in [5, 5.41) is 5.14. The number of hydrogen-bond acceptors (Lipinski definition) is 1. The topological polar surface area (TPSA) is 17.8 Å². The maximum Gasteiger partial charge on any atom is 0.0686 e. The predicted octanol–water partition coefficient (Wildman–Crippen LogP) is 5.77. The Bertz CT molecular complexity index is 756. The monoisotopic (exact) mass is 424 g/mol. The second kappa shape index (κ2) is 6.34. The first-order valence-electron chi connectivity index (χ1n) is 6.34. The summed E-state index contributed by atoms with van der Waals surface area (Å²) in [5.41, 5.74) is 3.24. The molecule has 0 saturated heterocycles. The third-order valence-electron chi connectivity index (χ3n) is 3.15. The lowest BCUT2D eigenvalue weighted by atomic mass is 10.1. The van der Waals surface area contributed by atoms with E-state index in [2.05, 4.69) is 37.0 Å². The number of alkyl halides is 1. The minimum absolute atomic E-state index is 0.0570.